The van der Waals surface area contributed by atoms with Gasteiger partial charge in [0.25, 0.3) is 0 Å². The molecule has 0 aliphatic rings. The summed E-state index contributed by atoms with van der Waals surface area (Å²) in [5.74, 6) is -1.78. The summed E-state index contributed by atoms with van der Waals surface area (Å²) in [6.07, 6.45) is 1.73. The number of carboxylic acids is 1. The number of rotatable bonds is 6. The zero-order chi connectivity index (χ0) is 12.7. The molecule has 1 aromatic rings. The predicted molar refractivity (Wildman–Crippen MR) is 59.7 cm³/mol. The van der Waals surface area contributed by atoms with Crippen LogP contribution in [0.5, 0.6) is 0 Å². The van der Waals surface area contributed by atoms with Crippen molar-refractivity contribution in [2.75, 3.05) is 6.61 Å². The minimum absolute atomic E-state index is 0.0352. The first kappa shape index (κ1) is 13.2. The van der Waals surface area contributed by atoms with E-state index in [4.69, 9.17) is 9.99 Å². The Hall–Kier alpha value is -1.88. The Bertz CT molecular complexity index is 400. The van der Waals surface area contributed by atoms with Crippen molar-refractivity contribution in [2.24, 2.45) is 0 Å². The third-order valence-corrected chi connectivity index (χ3v) is 2.06. The molecule has 1 N–H and O–H groups in total. The van der Waals surface area contributed by atoms with Crippen molar-refractivity contribution in [1.29, 1.82) is 0 Å². The maximum Gasteiger partial charge on any atom is 0.373 e. The lowest BCUT2D eigenvalue weighted by molar-refractivity contribution is -0.241. The number of hydrogen-bond acceptors (Lipinski definition) is 4. The van der Waals surface area contributed by atoms with E-state index in [1.54, 1.807) is 0 Å². The number of carbonyl (C=O) groups is 2. The topological polar surface area (TPSA) is 72.8 Å². The molecule has 0 aromatic heterocycles. The lowest BCUT2D eigenvalue weighted by Crippen LogP contribution is -2.08. The van der Waals surface area contributed by atoms with Crippen LogP contribution in [0.25, 0.3) is 0 Å². The summed E-state index contributed by atoms with van der Waals surface area (Å²) in [4.78, 5) is 31.4. The minimum Gasteiger partial charge on any atom is -0.478 e. The van der Waals surface area contributed by atoms with Gasteiger partial charge in [0.05, 0.1) is 17.7 Å². The summed E-state index contributed by atoms with van der Waals surface area (Å²) >= 11 is 0. The maximum absolute atomic E-state index is 11.4. The average Bonchev–Trinajstić information content (AvgIpc) is 2.34. The fourth-order valence-corrected chi connectivity index (χ4v) is 1.13. The van der Waals surface area contributed by atoms with Gasteiger partial charge in [0.2, 0.25) is 0 Å². The molecule has 5 heteroatoms. The molecule has 0 radical (unpaired) electrons. The monoisotopic (exact) mass is 238 g/mol. The van der Waals surface area contributed by atoms with Crippen molar-refractivity contribution in [3.05, 3.63) is 35.4 Å². The van der Waals surface area contributed by atoms with Crippen LogP contribution in [0.1, 0.15) is 40.5 Å². The van der Waals surface area contributed by atoms with Gasteiger partial charge in [-0.2, -0.15) is 4.89 Å². The summed E-state index contributed by atoms with van der Waals surface area (Å²) in [6.45, 7) is 2.32. The first-order valence-electron chi connectivity index (χ1n) is 5.32. The maximum atomic E-state index is 11.4. The van der Waals surface area contributed by atoms with Crippen LogP contribution in [0.15, 0.2) is 24.3 Å². The molecule has 0 saturated carbocycles. The molecular formula is C12H14O5. The van der Waals surface area contributed by atoms with Crippen LogP contribution in [0.4, 0.5) is 0 Å². The molecule has 0 aliphatic carbocycles. The van der Waals surface area contributed by atoms with E-state index in [9.17, 15) is 9.59 Å². The van der Waals surface area contributed by atoms with Gasteiger partial charge in [-0.3, -0.25) is 4.89 Å². The largest absolute Gasteiger partial charge is 0.478 e. The third kappa shape index (κ3) is 4.24. The number of aromatic carboxylic acids is 1. The highest BCUT2D eigenvalue weighted by Gasteiger charge is 2.11. The molecule has 5 nitrogen and oxygen atoms in total. The van der Waals surface area contributed by atoms with Crippen LogP contribution in [0.2, 0.25) is 0 Å². The minimum atomic E-state index is -1.09. The van der Waals surface area contributed by atoms with Crippen LogP contribution < -0.4 is 0 Å². The number of carboxylic acid groups (broad SMARTS) is 1. The Morgan fingerprint density at radius 3 is 2.65 bits per heavy atom. The lowest BCUT2D eigenvalue weighted by Gasteiger charge is -2.03. The number of benzene rings is 1. The summed E-state index contributed by atoms with van der Waals surface area (Å²) in [6, 6.07) is 5.59. The summed E-state index contributed by atoms with van der Waals surface area (Å²) in [5.41, 5.74) is 0.189. The van der Waals surface area contributed by atoms with Gasteiger partial charge in [-0.15, -0.1) is 0 Å². The van der Waals surface area contributed by atoms with Crippen LogP contribution in [0, 0.1) is 0 Å². The van der Waals surface area contributed by atoms with Gasteiger partial charge < -0.3 is 5.11 Å². The zero-order valence-electron chi connectivity index (χ0n) is 9.51. The van der Waals surface area contributed by atoms with Crippen LogP contribution in [0.3, 0.4) is 0 Å². The molecule has 0 spiro atoms. The van der Waals surface area contributed by atoms with Gasteiger partial charge in [0.15, 0.2) is 0 Å². The van der Waals surface area contributed by atoms with Crippen molar-refractivity contribution < 1.29 is 24.5 Å². The first-order chi connectivity index (χ1) is 8.15. The Kier molecular flexibility index (Phi) is 5.16. The van der Waals surface area contributed by atoms with E-state index in [2.05, 4.69) is 4.89 Å². The normalized spacial score (nSPS) is 9.94. The van der Waals surface area contributed by atoms with E-state index in [-0.39, 0.29) is 11.1 Å². The Balaban J connectivity index is 2.56. The van der Waals surface area contributed by atoms with Gasteiger partial charge in [0, 0.05) is 0 Å². The Morgan fingerprint density at radius 1 is 1.29 bits per heavy atom. The average molecular weight is 238 g/mol. The molecule has 0 amide bonds. The molecule has 92 valence electrons. The molecule has 0 atom stereocenters. The highest BCUT2D eigenvalue weighted by molar-refractivity contribution is 5.94. The number of carbonyl (C=O) groups excluding carboxylic acids is 1. The SMILES string of the molecule is CCCCOOC(=O)c1cccc(C(=O)O)c1. The highest BCUT2D eigenvalue weighted by Crippen LogP contribution is 2.07. The van der Waals surface area contributed by atoms with E-state index in [1.807, 2.05) is 6.92 Å². The molecular weight excluding hydrogens is 224 g/mol. The lowest BCUT2D eigenvalue weighted by atomic mass is 10.1. The Labute approximate surface area is 98.9 Å². The fourth-order valence-electron chi connectivity index (χ4n) is 1.13. The van der Waals surface area contributed by atoms with E-state index < -0.39 is 11.9 Å². The van der Waals surface area contributed by atoms with Gasteiger partial charge in [-0.25, -0.2) is 9.59 Å². The molecule has 0 aliphatic heterocycles. The van der Waals surface area contributed by atoms with Gasteiger partial charge in [-0.05, 0) is 24.6 Å². The molecule has 17 heavy (non-hydrogen) atoms. The highest BCUT2D eigenvalue weighted by atomic mass is 17.2. The quantitative estimate of drug-likeness (QED) is 0.467. The molecule has 0 saturated heterocycles. The summed E-state index contributed by atoms with van der Waals surface area (Å²) in [5, 5.41) is 8.75. The van der Waals surface area contributed by atoms with Crippen LogP contribution in [-0.4, -0.2) is 23.7 Å². The second-order valence-electron chi connectivity index (χ2n) is 3.43. The fraction of sp³-hybridized carbons (Fsp3) is 0.333. The van der Waals surface area contributed by atoms with E-state index in [0.717, 1.165) is 12.8 Å². The predicted octanol–water partition coefficient (Wildman–Crippen LogP) is 2.27. The van der Waals surface area contributed by atoms with E-state index in [1.165, 1.54) is 24.3 Å². The smallest absolute Gasteiger partial charge is 0.373 e. The van der Waals surface area contributed by atoms with Crippen molar-refractivity contribution in [2.45, 2.75) is 19.8 Å². The molecule has 1 rings (SSSR count). The molecule has 0 bridgehead atoms. The second-order valence-corrected chi connectivity index (χ2v) is 3.43. The van der Waals surface area contributed by atoms with Crippen molar-refractivity contribution in [3.8, 4) is 0 Å². The molecule has 0 heterocycles. The Morgan fingerprint density at radius 2 is 2.00 bits per heavy atom. The van der Waals surface area contributed by atoms with Crippen molar-refractivity contribution in [3.63, 3.8) is 0 Å². The van der Waals surface area contributed by atoms with E-state index >= 15 is 0 Å². The number of unbranched alkanes of at least 4 members (excludes halogenated alkanes) is 1. The molecule has 0 unspecified atom stereocenters. The first-order valence-corrected chi connectivity index (χ1v) is 5.32. The van der Waals surface area contributed by atoms with Gasteiger partial charge >= 0.3 is 11.9 Å². The van der Waals surface area contributed by atoms with E-state index in [0.29, 0.717) is 6.61 Å². The summed E-state index contributed by atoms with van der Waals surface area (Å²) < 4.78 is 0. The van der Waals surface area contributed by atoms with Crippen LogP contribution >= 0.6 is 0 Å². The third-order valence-electron chi connectivity index (χ3n) is 2.06. The summed E-state index contributed by atoms with van der Waals surface area (Å²) in [7, 11) is 0. The van der Waals surface area contributed by atoms with Gasteiger partial charge in [-0.1, -0.05) is 19.4 Å². The van der Waals surface area contributed by atoms with Crippen molar-refractivity contribution in [1.82, 2.24) is 0 Å². The standard InChI is InChI=1S/C12H14O5/c1-2-3-7-16-17-12(15)10-6-4-5-9(8-10)11(13)14/h4-6,8H,2-3,7H2,1H3,(H,13,14). The van der Waals surface area contributed by atoms with Crippen LogP contribution in [-0.2, 0) is 9.78 Å². The second kappa shape index (κ2) is 6.65. The van der Waals surface area contributed by atoms with Gasteiger partial charge in [0.1, 0.15) is 0 Å². The molecule has 1 aromatic carbocycles. The number of hydrogen-bond donors (Lipinski definition) is 1. The zero-order valence-corrected chi connectivity index (χ0v) is 9.51. The van der Waals surface area contributed by atoms with Crippen molar-refractivity contribution >= 4 is 11.9 Å². The molecule has 0 fully saturated rings.